The van der Waals surface area contributed by atoms with Gasteiger partial charge in [-0.25, -0.2) is 15.0 Å². The SMILES string of the molecule is Cc1nc(C)c(-c2nc3c(C4CC4)nccc3s2)c(NC2CCC(CO)C2)n1. The molecule has 0 bridgehead atoms. The van der Waals surface area contributed by atoms with Gasteiger partial charge in [0, 0.05) is 24.8 Å². The molecule has 2 saturated carbocycles. The number of anilines is 1. The summed E-state index contributed by atoms with van der Waals surface area (Å²) in [7, 11) is 0. The molecule has 2 aliphatic carbocycles. The average Bonchev–Trinajstić information content (AvgIpc) is 3.26. The third-order valence-electron chi connectivity index (χ3n) is 5.86. The number of nitrogens with one attached hydrogen (secondary N) is 1. The Morgan fingerprint density at radius 1 is 1.14 bits per heavy atom. The molecule has 5 rings (SSSR count). The van der Waals surface area contributed by atoms with E-state index in [-0.39, 0.29) is 6.61 Å². The van der Waals surface area contributed by atoms with E-state index < -0.39 is 0 Å². The maximum Gasteiger partial charge on any atom is 0.140 e. The fraction of sp³-hybridized carbons (Fsp3) is 0.524. The predicted octanol–water partition coefficient (Wildman–Crippen LogP) is 4.22. The Kier molecular flexibility index (Phi) is 4.51. The summed E-state index contributed by atoms with van der Waals surface area (Å²) in [6.45, 7) is 4.23. The minimum atomic E-state index is 0.266. The molecule has 3 aromatic heterocycles. The van der Waals surface area contributed by atoms with Crippen LogP contribution in [0.25, 0.3) is 20.8 Å². The number of nitrogens with zero attached hydrogens (tertiary/aromatic N) is 4. The van der Waals surface area contributed by atoms with Crippen LogP contribution in [0.1, 0.15) is 55.2 Å². The van der Waals surface area contributed by atoms with E-state index in [1.165, 1.54) is 17.5 Å². The molecule has 0 saturated heterocycles. The molecule has 0 spiro atoms. The van der Waals surface area contributed by atoms with Crippen molar-refractivity contribution < 1.29 is 5.11 Å². The quantitative estimate of drug-likeness (QED) is 0.673. The third kappa shape index (κ3) is 3.26. The molecule has 0 aromatic carbocycles. The van der Waals surface area contributed by atoms with Crippen LogP contribution in [-0.4, -0.2) is 37.7 Å². The average molecular weight is 396 g/mol. The summed E-state index contributed by atoms with van der Waals surface area (Å²) in [5, 5.41) is 14.1. The summed E-state index contributed by atoms with van der Waals surface area (Å²) in [6.07, 6.45) is 7.43. The van der Waals surface area contributed by atoms with Crippen LogP contribution in [0.3, 0.4) is 0 Å². The van der Waals surface area contributed by atoms with Gasteiger partial charge in [-0.3, -0.25) is 4.98 Å². The van der Waals surface area contributed by atoms with E-state index in [1.54, 1.807) is 11.3 Å². The smallest absolute Gasteiger partial charge is 0.140 e. The number of pyridine rings is 1. The van der Waals surface area contributed by atoms with Gasteiger partial charge in [0.2, 0.25) is 0 Å². The maximum absolute atomic E-state index is 9.46. The second-order valence-corrected chi connectivity index (χ2v) is 9.15. The molecule has 0 aliphatic heterocycles. The van der Waals surface area contributed by atoms with E-state index in [0.717, 1.165) is 58.4 Å². The van der Waals surface area contributed by atoms with Gasteiger partial charge in [0.05, 0.1) is 21.7 Å². The third-order valence-corrected chi connectivity index (χ3v) is 6.89. The molecule has 6 nitrogen and oxygen atoms in total. The molecule has 2 aliphatic rings. The van der Waals surface area contributed by atoms with E-state index in [4.69, 9.17) is 9.97 Å². The zero-order valence-corrected chi connectivity index (χ0v) is 17.1. The summed E-state index contributed by atoms with van der Waals surface area (Å²) in [5.74, 6) is 2.59. The van der Waals surface area contributed by atoms with Crippen molar-refractivity contribution in [3.63, 3.8) is 0 Å². The molecule has 7 heteroatoms. The van der Waals surface area contributed by atoms with Crippen LogP contribution in [0, 0.1) is 19.8 Å². The molecule has 2 atom stereocenters. The highest BCUT2D eigenvalue weighted by Gasteiger charge is 2.29. The molecular formula is C21H25N5OS. The highest BCUT2D eigenvalue weighted by atomic mass is 32.1. The van der Waals surface area contributed by atoms with Gasteiger partial charge in [0.1, 0.15) is 22.2 Å². The molecule has 0 amide bonds. The topological polar surface area (TPSA) is 83.8 Å². The predicted molar refractivity (Wildman–Crippen MR) is 112 cm³/mol. The number of hydrogen-bond acceptors (Lipinski definition) is 7. The van der Waals surface area contributed by atoms with Crippen molar-refractivity contribution in [3.8, 4) is 10.6 Å². The monoisotopic (exact) mass is 395 g/mol. The highest BCUT2D eigenvalue weighted by molar-refractivity contribution is 7.21. The van der Waals surface area contributed by atoms with Gasteiger partial charge < -0.3 is 10.4 Å². The van der Waals surface area contributed by atoms with E-state index in [9.17, 15) is 5.11 Å². The van der Waals surface area contributed by atoms with Crippen molar-refractivity contribution >= 4 is 27.4 Å². The second-order valence-electron chi connectivity index (χ2n) is 8.12. The highest BCUT2D eigenvalue weighted by Crippen LogP contribution is 2.44. The fourth-order valence-electron chi connectivity index (χ4n) is 4.28. The lowest BCUT2D eigenvalue weighted by molar-refractivity contribution is 0.229. The summed E-state index contributed by atoms with van der Waals surface area (Å²) >= 11 is 1.70. The van der Waals surface area contributed by atoms with E-state index in [2.05, 4.69) is 21.4 Å². The zero-order chi connectivity index (χ0) is 19.3. The Bertz CT molecular complexity index is 1030. The van der Waals surface area contributed by atoms with E-state index in [0.29, 0.717) is 17.9 Å². The molecule has 2 N–H and O–H groups in total. The Balaban J connectivity index is 1.56. The normalized spacial score (nSPS) is 22.1. The first kappa shape index (κ1) is 17.9. The number of aliphatic hydroxyl groups excluding tert-OH is 1. The number of thiazole rings is 1. The zero-order valence-electron chi connectivity index (χ0n) is 16.3. The van der Waals surface area contributed by atoms with Crippen LogP contribution >= 0.6 is 11.3 Å². The summed E-state index contributed by atoms with van der Waals surface area (Å²) in [4.78, 5) is 19.0. The minimum Gasteiger partial charge on any atom is -0.396 e. The van der Waals surface area contributed by atoms with Crippen molar-refractivity contribution in [2.24, 2.45) is 5.92 Å². The van der Waals surface area contributed by atoms with Crippen LogP contribution in [0.15, 0.2) is 12.3 Å². The van der Waals surface area contributed by atoms with Crippen LogP contribution in [0.2, 0.25) is 0 Å². The Morgan fingerprint density at radius 3 is 2.75 bits per heavy atom. The van der Waals surface area contributed by atoms with Crippen molar-refractivity contribution in [2.45, 2.75) is 57.9 Å². The van der Waals surface area contributed by atoms with Crippen LogP contribution < -0.4 is 5.32 Å². The first-order valence-corrected chi connectivity index (χ1v) is 10.9. The molecule has 146 valence electrons. The van der Waals surface area contributed by atoms with Crippen LogP contribution in [-0.2, 0) is 0 Å². The molecule has 3 heterocycles. The standard InChI is InChI=1S/C21H25N5OS/c1-11-17(20(24-12(2)23-11)25-15-6-3-13(9-15)10-27)21-26-19-16(28-21)7-8-22-18(19)14-4-5-14/h7-8,13-15,27H,3-6,9-10H2,1-2H3,(H,23,24,25). The Hall–Kier alpha value is -2.12. The molecule has 2 unspecified atom stereocenters. The van der Waals surface area contributed by atoms with Crippen molar-refractivity contribution in [1.29, 1.82) is 0 Å². The van der Waals surface area contributed by atoms with Crippen LogP contribution in [0.5, 0.6) is 0 Å². The summed E-state index contributed by atoms with van der Waals surface area (Å²) in [5.41, 5.74) is 4.13. The van der Waals surface area contributed by atoms with Crippen molar-refractivity contribution in [1.82, 2.24) is 19.9 Å². The first-order valence-electron chi connectivity index (χ1n) is 10.1. The van der Waals surface area contributed by atoms with Gasteiger partial charge in [0.25, 0.3) is 0 Å². The number of aryl methyl sites for hydroxylation is 2. The lowest BCUT2D eigenvalue weighted by Gasteiger charge is -2.17. The van der Waals surface area contributed by atoms with Gasteiger partial charge in [-0.1, -0.05) is 0 Å². The van der Waals surface area contributed by atoms with Gasteiger partial charge in [-0.15, -0.1) is 11.3 Å². The Morgan fingerprint density at radius 2 is 2.00 bits per heavy atom. The molecule has 0 radical (unpaired) electrons. The number of rotatable bonds is 5. The molecule has 28 heavy (non-hydrogen) atoms. The molecule has 3 aromatic rings. The van der Waals surface area contributed by atoms with Crippen LogP contribution in [0.4, 0.5) is 5.82 Å². The fourth-order valence-corrected chi connectivity index (χ4v) is 5.34. The minimum absolute atomic E-state index is 0.266. The summed E-state index contributed by atoms with van der Waals surface area (Å²) < 4.78 is 1.18. The van der Waals surface area contributed by atoms with Gasteiger partial charge in [-0.05, 0) is 57.9 Å². The number of hydrogen-bond donors (Lipinski definition) is 2. The second kappa shape index (κ2) is 7.04. The Labute approximate surface area is 168 Å². The summed E-state index contributed by atoms with van der Waals surface area (Å²) in [6, 6.07) is 2.39. The van der Waals surface area contributed by atoms with Crippen molar-refractivity contribution in [2.75, 3.05) is 11.9 Å². The lowest BCUT2D eigenvalue weighted by Crippen LogP contribution is -2.18. The van der Waals surface area contributed by atoms with Gasteiger partial charge in [0.15, 0.2) is 0 Å². The molecular weight excluding hydrogens is 370 g/mol. The lowest BCUT2D eigenvalue weighted by atomic mass is 10.1. The van der Waals surface area contributed by atoms with E-state index in [1.807, 2.05) is 20.0 Å². The first-order chi connectivity index (χ1) is 13.6. The number of aromatic nitrogens is 4. The number of aliphatic hydroxyl groups is 1. The van der Waals surface area contributed by atoms with E-state index >= 15 is 0 Å². The number of fused-ring (bicyclic) bond motifs is 1. The largest absolute Gasteiger partial charge is 0.396 e. The van der Waals surface area contributed by atoms with Gasteiger partial charge in [-0.2, -0.15) is 0 Å². The molecule has 2 fully saturated rings. The van der Waals surface area contributed by atoms with Crippen molar-refractivity contribution in [3.05, 3.63) is 29.5 Å². The van der Waals surface area contributed by atoms with Gasteiger partial charge >= 0.3 is 0 Å². The maximum atomic E-state index is 9.46.